The van der Waals surface area contributed by atoms with Crippen LogP contribution in [0.1, 0.15) is 38.8 Å². The van der Waals surface area contributed by atoms with Crippen molar-refractivity contribution in [3.8, 4) is 0 Å². The molecule has 0 aliphatic carbocycles. The maximum Gasteiger partial charge on any atom is 0.410 e. The fourth-order valence-electron chi connectivity index (χ4n) is 2.57. The molecule has 120 valence electrons. The van der Waals surface area contributed by atoms with Crippen LogP contribution in [0.3, 0.4) is 0 Å². The fourth-order valence-corrected chi connectivity index (χ4v) is 2.57. The highest BCUT2D eigenvalue weighted by Crippen LogP contribution is 2.36. The minimum Gasteiger partial charge on any atom is -0.481 e. The van der Waals surface area contributed by atoms with Crippen LogP contribution < -0.4 is 0 Å². The van der Waals surface area contributed by atoms with Crippen LogP contribution in [0, 0.1) is 11.7 Å². The second-order valence-corrected chi connectivity index (χ2v) is 6.47. The number of rotatable bonds is 2. The summed E-state index contributed by atoms with van der Waals surface area (Å²) >= 11 is 0. The highest BCUT2D eigenvalue weighted by Gasteiger charge is 2.41. The number of nitrogens with zero attached hydrogens (tertiary/aromatic N) is 1. The van der Waals surface area contributed by atoms with E-state index in [4.69, 9.17) is 4.74 Å². The predicted molar refractivity (Wildman–Crippen MR) is 77.8 cm³/mol. The number of carboxylic acid groups (broad SMARTS) is 1. The topological polar surface area (TPSA) is 66.8 Å². The van der Waals surface area contributed by atoms with Gasteiger partial charge in [-0.2, -0.15) is 0 Å². The normalized spacial score (nSPS) is 21.7. The molecule has 0 radical (unpaired) electrons. The molecule has 6 heteroatoms. The van der Waals surface area contributed by atoms with Gasteiger partial charge in [0.2, 0.25) is 0 Å². The molecule has 5 nitrogen and oxygen atoms in total. The van der Waals surface area contributed by atoms with Crippen molar-refractivity contribution >= 4 is 12.1 Å². The molecule has 0 saturated carbocycles. The van der Waals surface area contributed by atoms with E-state index in [0.717, 1.165) is 0 Å². The van der Waals surface area contributed by atoms with Crippen LogP contribution in [0.15, 0.2) is 24.3 Å². The van der Waals surface area contributed by atoms with Crippen molar-refractivity contribution in [2.45, 2.75) is 38.8 Å². The number of carbonyl (C=O) groups excluding carboxylic acids is 1. The van der Waals surface area contributed by atoms with Gasteiger partial charge in [-0.1, -0.05) is 12.1 Å². The van der Waals surface area contributed by atoms with Crippen LogP contribution in [0.25, 0.3) is 0 Å². The van der Waals surface area contributed by atoms with Gasteiger partial charge in [0.1, 0.15) is 11.4 Å². The van der Waals surface area contributed by atoms with E-state index in [0.29, 0.717) is 5.56 Å². The average molecular weight is 309 g/mol. The smallest absolute Gasteiger partial charge is 0.410 e. The number of aliphatic carboxylic acids is 1. The Balaban J connectivity index is 2.27. The summed E-state index contributed by atoms with van der Waals surface area (Å²) in [6, 6.07) is 5.38. The van der Waals surface area contributed by atoms with E-state index in [1.165, 1.54) is 17.0 Å². The number of benzene rings is 1. The van der Waals surface area contributed by atoms with Gasteiger partial charge < -0.3 is 14.7 Å². The van der Waals surface area contributed by atoms with Gasteiger partial charge in [-0.05, 0) is 44.9 Å². The van der Waals surface area contributed by atoms with E-state index in [-0.39, 0.29) is 13.0 Å². The molecule has 0 aromatic heterocycles. The zero-order chi connectivity index (χ0) is 16.5. The number of hydrogen-bond acceptors (Lipinski definition) is 3. The van der Waals surface area contributed by atoms with Crippen LogP contribution >= 0.6 is 0 Å². The minimum absolute atomic E-state index is 0.0609. The van der Waals surface area contributed by atoms with Gasteiger partial charge in [0.05, 0.1) is 12.0 Å². The van der Waals surface area contributed by atoms with Gasteiger partial charge in [0.25, 0.3) is 0 Å². The van der Waals surface area contributed by atoms with Gasteiger partial charge in [-0.15, -0.1) is 0 Å². The Hall–Kier alpha value is -2.11. The molecule has 1 aliphatic heterocycles. The first-order valence-corrected chi connectivity index (χ1v) is 7.15. The first kappa shape index (κ1) is 16.3. The molecule has 1 saturated heterocycles. The van der Waals surface area contributed by atoms with Gasteiger partial charge >= 0.3 is 12.1 Å². The molecule has 1 heterocycles. The first-order valence-electron chi connectivity index (χ1n) is 7.15. The van der Waals surface area contributed by atoms with Crippen molar-refractivity contribution < 1.29 is 23.8 Å². The van der Waals surface area contributed by atoms with E-state index in [2.05, 4.69) is 0 Å². The fraction of sp³-hybridized carbons (Fsp3) is 0.500. The van der Waals surface area contributed by atoms with E-state index in [1.807, 2.05) is 0 Å². The lowest BCUT2D eigenvalue weighted by molar-refractivity contribution is -0.141. The molecule has 0 bridgehead atoms. The van der Waals surface area contributed by atoms with E-state index >= 15 is 0 Å². The Kier molecular flexibility index (Phi) is 4.39. The summed E-state index contributed by atoms with van der Waals surface area (Å²) in [5.74, 6) is -2.06. The molecular weight excluding hydrogens is 289 g/mol. The van der Waals surface area contributed by atoms with Crippen molar-refractivity contribution in [1.82, 2.24) is 4.90 Å². The van der Waals surface area contributed by atoms with Crippen molar-refractivity contribution in [3.63, 3.8) is 0 Å². The third kappa shape index (κ3) is 3.75. The Morgan fingerprint density at radius 1 is 1.36 bits per heavy atom. The predicted octanol–water partition coefficient (Wildman–Crippen LogP) is 3.21. The van der Waals surface area contributed by atoms with E-state index < -0.39 is 35.4 Å². The van der Waals surface area contributed by atoms with E-state index in [9.17, 15) is 19.1 Å². The molecule has 1 aliphatic rings. The summed E-state index contributed by atoms with van der Waals surface area (Å²) in [7, 11) is 0. The first-order chi connectivity index (χ1) is 10.2. The zero-order valence-corrected chi connectivity index (χ0v) is 12.9. The SMILES string of the molecule is CC(C)(C)OC(=O)N1C[C@H](C(=O)O)C[C@@H]1c1cccc(F)c1. The van der Waals surface area contributed by atoms with Crippen molar-refractivity contribution in [1.29, 1.82) is 0 Å². The Bertz CT molecular complexity index is 582. The van der Waals surface area contributed by atoms with Crippen molar-refractivity contribution in [2.75, 3.05) is 6.54 Å². The molecular formula is C16H20FNO4. The van der Waals surface area contributed by atoms with Gasteiger partial charge in [-0.3, -0.25) is 4.79 Å². The molecule has 2 atom stereocenters. The molecule has 0 spiro atoms. The zero-order valence-electron chi connectivity index (χ0n) is 12.9. The molecule has 22 heavy (non-hydrogen) atoms. The van der Waals surface area contributed by atoms with Gasteiger partial charge in [0.15, 0.2) is 0 Å². The van der Waals surface area contributed by atoms with Crippen LogP contribution in [-0.2, 0) is 9.53 Å². The molecule has 1 N–H and O–H groups in total. The largest absolute Gasteiger partial charge is 0.481 e. The molecule has 1 fully saturated rings. The Labute approximate surface area is 128 Å². The maximum absolute atomic E-state index is 13.4. The quantitative estimate of drug-likeness (QED) is 0.911. The lowest BCUT2D eigenvalue weighted by atomic mass is 10.00. The second-order valence-electron chi connectivity index (χ2n) is 6.47. The van der Waals surface area contributed by atoms with Crippen LogP contribution in [0.2, 0.25) is 0 Å². The second kappa shape index (κ2) is 5.94. The number of ether oxygens (including phenoxy) is 1. The van der Waals surface area contributed by atoms with E-state index in [1.54, 1.807) is 32.9 Å². The molecule has 0 unspecified atom stereocenters. The van der Waals surface area contributed by atoms with Crippen molar-refractivity contribution in [2.24, 2.45) is 5.92 Å². The number of carbonyl (C=O) groups is 2. The summed E-state index contributed by atoms with van der Waals surface area (Å²) in [6.07, 6.45) is -0.330. The third-order valence-corrected chi connectivity index (χ3v) is 3.51. The highest BCUT2D eigenvalue weighted by molar-refractivity contribution is 5.75. The standard InChI is InChI=1S/C16H20FNO4/c1-16(2,3)22-15(21)18-9-11(14(19)20)8-13(18)10-5-4-6-12(17)7-10/h4-7,11,13H,8-9H2,1-3H3,(H,19,20)/t11-,13-/m1/s1. The lowest BCUT2D eigenvalue weighted by Crippen LogP contribution is -2.37. The number of halogens is 1. The van der Waals surface area contributed by atoms with Gasteiger partial charge in [0, 0.05) is 6.54 Å². The number of likely N-dealkylation sites (tertiary alicyclic amines) is 1. The van der Waals surface area contributed by atoms with Crippen LogP contribution in [0.5, 0.6) is 0 Å². The minimum atomic E-state index is -0.965. The molecule has 2 rings (SSSR count). The molecule has 1 amide bonds. The maximum atomic E-state index is 13.4. The van der Waals surface area contributed by atoms with Gasteiger partial charge in [-0.25, -0.2) is 9.18 Å². The summed E-state index contributed by atoms with van der Waals surface area (Å²) in [6.45, 7) is 5.29. The average Bonchev–Trinajstić information content (AvgIpc) is 2.81. The Morgan fingerprint density at radius 2 is 2.05 bits per heavy atom. The van der Waals surface area contributed by atoms with Crippen molar-refractivity contribution in [3.05, 3.63) is 35.6 Å². The molecule has 1 aromatic rings. The summed E-state index contributed by atoms with van der Waals surface area (Å²) in [5, 5.41) is 9.21. The monoisotopic (exact) mass is 309 g/mol. The van der Waals surface area contributed by atoms with Crippen LogP contribution in [0.4, 0.5) is 9.18 Å². The van der Waals surface area contributed by atoms with Crippen LogP contribution in [-0.4, -0.2) is 34.2 Å². The highest BCUT2D eigenvalue weighted by atomic mass is 19.1. The summed E-state index contributed by atoms with van der Waals surface area (Å²) in [4.78, 5) is 24.9. The summed E-state index contributed by atoms with van der Waals surface area (Å²) in [5.41, 5.74) is -0.0974. The lowest BCUT2D eigenvalue weighted by Gasteiger charge is -2.28. The number of hydrogen-bond donors (Lipinski definition) is 1. The number of carboxylic acids is 1. The Morgan fingerprint density at radius 3 is 2.59 bits per heavy atom. The molecule has 1 aromatic carbocycles. The number of amides is 1. The summed E-state index contributed by atoms with van der Waals surface area (Å²) < 4.78 is 18.8. The third-order valence-electron chi connectivity index (χ3n) is 3.51.